The second-order valence-electron chi connectivity index (χ2n) is 15.5. The van der Waals surface area contributed by atoms with Gasteiger partial charge in [0, 0.05) is 10.5 Å². The highest BCUT2D eigenvalue weighted by Crippen LogP contribution is 2.37. The van der Waals surface area contributed by atoms with Gasteiger partial charge in [-0.25, -0.2) is 18.8 Å². The summed E-state index contributed by atoms with van der Waals surface area (Å²) < 4.78 is 55.1. The highest BCUT2D eigenvalue weighted by molar-refractivity contribution is 9.10. The van der Waals surface area contributed by atoms with E-state index in [4.69, 9.17) is 33.2 Å². The topological polar surface area (TPSA) is 206 Å². The van der Waals surface area contributed by atoms with Crippen molar-refractivity contribution in [1.82, 2.24) is 0 Å². The van der Waals surface area contributed by atoms with Crippen LogP contribution in [0, 0.1) is 5.82 Å². The quantitative estimate of drug-likeness (QED) is 0.0917. The lowest BCUT2D eigenvalue weighted by atomic mass is 9.76. The summed E-state index contributed by atoms with van der Waals surface area (Å²) in [7, 11) is 2.69. The molecule has 0 spiro atoms. The van der Waals surface area contributed by atoms with E-state index in [0.29, 0.717) is 15.5 Å². The number of carbonyl (C=O) groups excluding carboxylic acids is 3. The molecule has 6 rings (SSSR count). The van der Waals surface area contributed by atoms with Gasteiger partial charge in [0.25, 0.3) is 0 Å². The number of esters is 3. The number of hydrogen-bond donors (Lipinski definition) is 4. The van der Waals surface area contributed by atoms with Gasteiger partial charge in [0.15, 0.2) is 0 Å². The van der Waals surface area contributed by atoms with E-state index < -0.39 is 49.2 Å². The molecule has 2 saturated heterocycles. The molecule has 339 valence electrons. The van der Waals surface area contributed by atoms with Gasteiger partial charge in [0.1, 0.15) is 28.8 Å². The lowest BCUT2D eigenvalue weighted by molar-refractivity contribution is 0.00578. The van der Waals surface area contributed by atoms with Crippen molar-refractivity contribution < 1.29 is 76.6 Å². The van der Waals surface area contributed by atoms with Crippen molar-refractivity contribution in [2.45, 2.75) is 85.2 Å². The number of methoxy groups -OCH3 is 3. The van der Waals surface area contributed by atoms with Gasteiger partial charge in [-0.1, -0.05) is 25.6 Å². The average Bonchev–Trinajstić information content (AvgIpc) is 3.59. The van der Waals surface area contributed by atoms with Crippen LogP contribution in [0.2, 0.25) is 0 Å². The van der Waals surface area contributed by atoms with Crippen LogP contribution >= 0.6 is 15.9 Å². The first-order chi connectivity index (χ1) is 28.8. The molecular formula is C43H54B3BrFO15. The van der Waals surface area contributed by atoms with E-state index in [0.717, 1.165) is 0 Å². The van der Waals surface area contributed by atoms with Crippen molar-refractivity contribution in [2.75, 3.05) is 21.3 Å². The Labute approximate surface area is 377 Å². The van der Waals surface area contributed by atoms with Crippen LogP contribution in [0.1, 0.15) is 93.9 Å². The Morgan fingerprint density at radius 2 is 1.13 bits per heavy atom. The predicted molar refractivity (Wildman–Crippen MR) is 239 cm³/mol. The molecule has 0 aliphatic carbocycles. The van der Waals surface area contributed by atoms with Crippen LogP contribution < -0.4 is 15.7 Å². The van der Waals surface area contributed by atoms with E-state index in [2.05, 4.69) is 25.4 Å². The zero-order valence-corrected chi connectivity index (χ0v) is 37.9. The number of aromatic hydroxyl groups is 2. The van der Waals surface area contributed by atoms with Crippen molar-refractivity contribution in [3.8, 4) is 23.0 Å². The van der Waals surface area contributed by atoms with Crippen molar-refractivity contribution in [3.63, 3.8) is 0 Å². The fourth-order valence-corrected chi connectivity index (χ4v) is 5.52. The van der Waals surface area contributed by atoms with Crippen LogP contribution in [0.5, 0.6) is 23.0 Å². The van der Waals surface area contributed by atoms with Gasteiger partial charge in [-0.05, 0) is 137 Å². The first kappa shape index (κ1) is 54.2. The first-order valence-electron chi connectivity index (χ1n) is 18.8. The van der Waals surface area contributed by atoms with E-state index >= 15 is 0 Å². The van der Waals surface area contributed by atoms with Gasteiger partial charge >= 0.3 is 39.8 Å². The minimum Gasteiger partial charge on any atom is -0.508 e. The summed E-state index contributed by atoms with van der Waals surface area (Å²) in [4.78, 5) is 34.5. The molecule has 2 aliphatic heterocycles. The lowest BCUT2D eigenvalue weighted by Crippen LogP contribution is -2.41. The fourth-order valence-electron chi connectivity index (χ4n) is 5.11. The molecule has 4 aromatic carbocycles. The van der Waals surface area contributed by atoms with E-state index in [1.54, 1.807) is 18.2 Å². The molecule has 4 aromatic rings. The molecule has 20 heteroatoms. The SMILES string of the molecule is C.CC1(C)O[B]OC1(C)C.COC(=O)c1cc(O)ccc1B1OC(C)(C)C(C)(C)O1.COC(=O)c1cc(O)ccc1Br.COC(=O)c1cc(Oc2cccc(F)c2)ccc1B(O)O. The Kier molecular flexibility index (Phi) is 19.4. The number of carbonyl (C=O) groups is 3. The molecule has 0 atom stereocenters. The maximum atomic E-state index is 13.1. The standard InChI is InChI=1S/C14H12BFO5.C14H19BO5.C8H7BrO3.C6H12BO2.CH4/c1-20-14(17)12-8-11(5-6-13(12)15(18)19)21-10-4-2-3-9(16)7-10;1-13(2)14(3,4)20-15(19-13)11-7-6-9(16)8-10(11)12(17)18-5;1-12-8(11)6-4-5(10)2-3-7(6)9;1-5(2)6(3,4)9-7-8-5;/h2-8,18-19H,1H3;6-8,16H,1-5H3;2-4,10H,1H3;1-4H3;1H4. The van der Waals surface area contributed by atoms with Crippen molar-refractivity contribution in [3.05, 3.63) is 106 Å². The molecule has 2 heterocycles. The number of rotatable bonds is 7. The van der Waals surface area contributed by atoms with Crippen LogP contribution in [-0.2, 0) is 32.8 Å². The van der Waals surface area contributed by atoms with Gasteiger partial charge in [0.05, 0.1) is 60.4 Å². The van der Waals surface area contributed by atoms with Crippen LogP contribution in [-0.4, -0.2) is 104 Å². The molecule has 0 bridgehead atoms. The molecule has 63 heavy (non-hydrogen) atoms. The number of phenolic OH excluding ortho intramolecular Hbond substituents is 2. The van der Waals surface area contributed by atoms with Gasteiger partial charge in [-0.15, -0.1) is 0 Å². The van der Waals surface area contributed by atoms with Gasteiger partial charge < -0.3 is 57.8 Å². The molecule has 0 aromatic heterocycles. The number of phenols is 2. The Morgan fingerprint density at radius 1 is 0.651 bits per heavy atom. The summed E-state index contributed by atoms with van der Waals surface area (Å²) in [5.74, 6) is -1.67. The maximum absolute atomic E-state index is 13.1. The molecule has 2 aliphatic rings. The highest BCUT2D eigenvalue weighted by atomic mass is 79.9. The molecule has 0 amide bonds. The summed E-state index contributed by atoms with van der Waals surface area (Å²) >= 11 is 3.16. The smallest absolute Gasteiger partial charge is 0.495 e. The number of hydrogen-bond acceptors (Lipinski definition) is 15. The van der Waals surface area contributed by atoms with E-state index in [1.165, 1.54) is 89.7 Å². The summed E-state index contributed by atoms with van der Waals surface area (Å²) in [6.07, 6.45) is 0. The van der Waals surface area contributed by atoms with E-state index in [-0.39, 0.29) is 58.2 Å². The lowest BCUT2D eigenvalue weighted by Gasteiger charge is -2.32. The minimum atomic E-state index is -1.82. The largest absolute Gasteiger partial charge is 0.508 e. The zero-order valence-electron chi connectivity index (χ0n) is 36.3. The number of halogens is 2. The summed E-state index contributed by atoms with van der Waals surface area (Å²) in [6.45, 7) is 15.8. The predicted octanol–water partition coefficient (Wildman–Crippen LogP) is 6.26. The Hall–Kier alpha value is -4.95. The number of benzene rings is 4. The average molecular weight is 942 g/mol. The van der Waals surface area contributed by atoms with Crippen LogP contribution in [0.4, 0.5) is 4.39 Å². The maximum Gasteiger partial charge on any atom is 0.495 e. The van der Waals surface area contributed by atoms with Crippen LogP contribution in [0.15, 0.2) is 83.3 Å². The molecule has 4 N–H and O–H groups in total. The van der Waals surface area contributed by atoms with Gasteiger partial charge in [-0.3, -0.25) is 0 Å². The monoisotopic (exact) mass is 941 g/mol. The Balaban J connectivity index is 0.000000302. The van der Waals surface area contributed by atoms with Crippen LogP contribution in [0.3, 0.4) is 0 Å². The van der Waals surface area contributed by atoms with Gasteiger partial charge in [-0.2, -0.15) is 0 Å². The van der Waals surface area contributed by atoms with E-state index in [1.807, 2.05) is 55.4 Å². The van der Waals surface area contributed by atoms with Crippen LogP contribution in [0.25, 0.3) is 0 Å². The highest BCUT2D eigenvalue weighted by Gasteiger charge is 2.52. The van der Waals surface area contributed by atoms with Gasteiger partial charge in [0.2, 0.25) is 0 Å². The number of ether oxygens (including phenoxy) is 4. The third-order valence-corrected chi connectivity index (χ3v) is 10.9. The third-order valence-electron chi connectivity index (χ3n) is 10.2. The second-order valence-corrected chi connectivity index (χ2v) is 16.4. The van der Waals surface area contributed by atoms with Crippen molar-refractivity contribution in [2.24, 2.45) is 0 Å². The molecule has 1 radical (unpaired) electrons. The molecular weight excluding hydrogens is 888 g/mol. The minimum absolute atomic E-state index is 0. The Bertz CT molecular complexity index is 2170. The molecule has 0 saturated carbocycles. The second kappa shape index (κ2) is 22.6. The van der Waals surface area contributed by atoms with Crippen molar-refractivity contribution >= 4 is 66.7 Å². The van der Waals surface area contributed by atoms with E-state index in [9.17, 15) is 33.9 Å². The van der Waals surface area contributed by atoms with Crippen molar-refractivity contribution in [1.29, 1.82) is 0 Å². The fraction of sp³-hybridized carbons (Fsp3) is 0.372. The summed E-state index contributed by atoms with van der Waals surface area (Å²) in [6, 6.07) is 18.4. The third kappa shape index (κ3) is 14.3. The molecule has 0 unspecified atom stereocenters. The summed E-state index contributed by atoms with van der Waals surface area (Å²) in [5.41, 5.74) is -0.307. The molecule has 2 fully saturated rings. The molecule has 15 nitrogen and oxygen atoms in total. The normalized spacial score (nSPS) is 15.8. The Morgan fingerprint density at radius 3 is 1.60 bits per heavy atom. The zero-order chi connectivity index (χ0) is 46.8. The first-order valence-corrected chi connectivity index (χ1v) is 19.6. The summed E-state index contributed by atoms with van der Waals surface area (Å²) in [5, 5.41) is 37.0.